The van der Waals surface area contributed by atoms with Crippen LogP contribution in [0.3, 0.4) is 0 Å². The molecule has 0 unspecified atom stereocenters. The Labute approximate surface area is 68.8 Å². The third-order valence-corrected chi connectivity index (χ3v) is 0. The van der Waals surface area contributed by atoms with Crippen LogP contribution in [0.15, 0.2) is 0 Å². The molecule has 0 aliphatic rings. The molecule has 0 rings (SSSR count). The summed E-state index contributed by atoms with van der Waals surface area (Å²) in [6.45, 7) is 0. The van der Waals surface area contributed by atoms with Gasteiger partial charge in [0.2, 0.25) is 0 Å². The Balaban J connectivity index is -0.0000000787. The molecule has 0 atom stereocenters. The molecule has 0 aromatic heterocycles. The van der Waals surface area contributed by atoms with Gasteiger partial charge in [-0.05, 0) is 0 Å². The van der Waals surface area contributed by atoms with E-state index in [0.29, 0.717) is 24.7 Å². The number of hydrogen-bond donors (Lipinski definition) is 4. The fourth-order valence-electron chi connectivity index (χ4n) is 0. The van der Waals surface area contributed by atoms with E-state index in [1.807, 2.05) is 0 Å². The van der Waals surface area contributed by atoms with E-state index < -0.39 is 10.2 Å². The minimum atomic E-state index is -1.25. The summed E-state index contributed by atoms with van der Waals surface area (Å²) in [7, 11) is 0. The predicted molar refractivity (Wildman–Crippen MR) is 15.1 cm³/mol. The molecule has 58 valence electrons. The summed E-state index contributed by atoms with van der Waals surface area (Å²) in [4.78, 5) is 16.9. The predicted octanol–water partition coefficient (Wildman–Crippen LogP) is -1.03. The standard InChI is InChI=1S/2H2NO3.O.Zr/c2*2-1(3)4;;/h2*(H2,2,3,4);;/q2*+1;;. The molecule has 0 aromatic rings. The number of rotatable bonds is 0. The minimum absolute atomic E-state index is 0.300. The molecule has 0 aliphatic carbocycles. The van der Waals surface area contributed by atoms with Gasteiger partial charge in [-0.25, -0.2) is 20.8 Å². The molecule has 4 N–H and O–H groups in total. The Morgan fingerprint density at radius 1 is 0.800 bits per heavy atom. The van der Waals surface area contributed by atoms with E-state index in [2.05, 4.69) is 0 Å². The first-order valence-electron chi connectivity index (χ1n) is 1.37. The van der Waals surface area contributed by atoms with Crippen LogP contribution in [0.25, 0.3) is 0 Å². The zero-order chi connectivity index (χ0) is 9.15. The average molecular weight is 235 g/mol. The van der Waals surface area contributed by atoms with Gasteiger partial charge in [-0.15, -0.1) is 0 Å². The van der Waals surface area contributed by atoms with Crippen LogP contribution in [-0.4, -0.2) is 31.0 Å². The third kappa shape index (κ3) is 312. The summed E-state index contributed by atoms with van der Waals surface area (Å²) < 4.78 is 8.34. The molecule has 0 fully saturated rings. The van der Waals surface area contributed by atoms with Crippen LogP contribution >= 0.6 is 0 Å². The molecule has 0 aromatic carbocycles. The van der Waals surface area contributed by atoms with Crippen LogP contribution in [0.5, 0.6) is 0 Å². The van der Waals surface area contributed by atoms with Gasteiger partial charge in [0.1, 0.15) is 9.81 Å². The summed E-state index contributed by atoms with van der Waals surface area (Å²) in [6.07, 6.45) is 0. The summed E-state index contributed by atoms with van der Waals surface area (Å²) in [5, 5.41) is 25.1. The SMILES string of the molecule is O=[N+](O)O.O=[N+](O)O.[O]=[Zr]. The van der Waals surface area contributed by atoms with E-state index >= 15 is 0 Å². The van der Waals surface area contributed by atoms with E-state index in [-0.39, 0.29) is 0 Å². The van der Waals surface area contributed by atoms with Crippen molar-refractivity contribution in [1.82, 2.24) is 0 Å². The van der Waals surface area contributed by atoms with Crippen molar-refractivity contribution in [3.63, 3.8) is 0 Å². The maximum atomic E-state index is 8.47. The van der Waals surface area contributed by atoms with Crippen LogP contribution in [0.4, 0.5) is 0 Å². The zero-order valence-corrected chi connectivity index (χ0v) is 6.87. The molecular formula is H4N2O7Zr+2. The molecule has 0 radical (unpaired) electrons. The average Bonchev–Trinajstić information content (AvgIpc) is 1.66. The summed E-state index contributed by atoms with van der Waals surface area (Å²) in [5.74, 6) is 0. The normalized spacial score (nSPS) is 5.10. The van der Waals surface area contributed by atoms with Gasteiger partial charge in [0.15, 0.2) is 0 Å². The van der Waals surface area contributed by atoms with E-state index in [1.165, 1.54) is 0 Å². The Morgan fingerprint density at radius 2 is 0.800 bits per heavy atom. The summed E-state index contributed by atoms with van der Waals surface area (Å²) in [6, 6.07) is 0. The summed E-state index contributed by atoms with van der Waals surface area (Å²) >= 11 is 0.300. The Morgan fingerprint density at radius 3 is 0.800 bits per heavy atom. The van der Waals surface area contributed by atoms with Gasteiger partial charge >= 0.3 is 37.7 Å². The molecule has 0 saturated carbocycles. The zero-order valence-electron chi connectivity index (χ0n) is 4.41. The van der Waals surface area contributed by atoms with Gasteiger partial charge in [-0.1, -0.05) is 0 Å². The van der Waals surface area contributed by atoms with Crippen LogP contribution in [0.1, 0.15) is 0 Å². The maximum absolute atomic E-state index is 8.47. The molecule has 9 nitrogen and oxygen atoms in total. The van der Waals surface area contributed by atoms with E-state index in [1.54, 1.807) is 0 Å². The van der Waals surface area contributed by atoms with Crippen LogP contribution in [0, 0.1) is 9.81 Å². The van der Waals surface area contributed by atoms with Crippen molar-refractivity contribution in [2.45, 2.75) is 0 Å². The molecule has 10 heteroatoms. The van der Waals surface area contributed by atoms with Crippen molar-refractivity contribution in [2.75, 3.05) is 0 Å². The molecule has 0 saturated heterocycles. The van der Waals surface area contributed by atoms with Crippen LogP contribution < -0.4 is 0 Å². The number of nitrogens with zero attached hydrogens (tertiary/aromatic N) is 2. The van der Waals surface area contributed by atoms with Gasteiger partial charge in [0, 0.05) is 0 Å². The van der Waals surface area contributed by atoms with Gasteiger partial charge in [-0.3, -0.25) is 0 Å². The molecule has 0 heterocycles. The molecule has 0 aliphatic heterocycles. The van der Waals surface area contributed by atoms with Crippen LogP contribution in [-0.2, 0) is 27.5 Å². The van der Waals surface area contributed by atoms with Crippen LogP contribution in [0.2, 0.25) is 0 Å². The van der Waals surface area contributed by atoms with E-state index in [9.17, 15) is 0 Å². The summed E-state index contributed by atoms with van der Waals surface area (Å²) in [5.41, 5.74) is 0. The second kappa shape index (κ2) is 15.7. The topological polar surface area (TPSA) is 138 Å². The first-order chi connectivity index (χ1) is 4.46. The Hall–Kier alpha value is -0.917. The second-order valence-electron chi connectivity index (χ2n) is 0.505. The molecule has 10 heavy (non-hydrogen) atoms. The van der Waals surface area contributed by atoms with E-state index in [0.717, 1.165) is 0 Å². The molecule has 0 spiro atoms. The third-order valence-electron chi connectivity index (χ3n) is 0. The van der Waals surface area contributed by atoms with Gasteiger partial charge in [0.05, 0.1) is 0 Å². The van der Waals surface area contributed by atoms with Crippen molar-refractivity contribution < 1.29 is 58.5 Å². The van der Waals surface area contributed by atoms with Gasteiger partial charge in [0.25, 0.3) is 0 Å². The Kier molecular flexibility index (Phi) is 25.2. The number of hydrogen-bond acceptors (Lipinski definition) is 3. The van der Waals surface area contributed by atoms with Crippen molar-refractivity contribution in [3.8, 4) is 0 Å². The second-order valence-corrected chi connectivity index (χ2v) is 0.505. The van der Waals surface area contributed by atoms with Crippen molar-refractivity contribution in [3.05, 3.63) is 9.81 Å². The molecule has 0 bridgehead atoms. The first kappa shape index (κ1) is 16.0. The van der Waals surface area contributed by atoms with Gasteiger partial charge in [-0.2, -0.15) is 0 Å². The van der Waals surface area contributed by atoms with Gasteiger partial charge < -0.3 is 0 Å². The first-order valence-corrected chi connectivity index (χ1v) is 2.37. The molecular weight excluding hydrogens is 231 g/mol. The van der Waals surface area contributed by atoms with Crippen molar-refractivity contribution in [2.24, 2.45) is 0 Å². The monoisotopic (exact) mass is 234 g/mol. The van der Waals surface area contributed by atoms with E-state index in [4.69, 9.17) is 33.5 Å². The van der Waals surface area contributed by atoms with Crippen molar-refractivity contribution >= 4 is 0 Å². The van der Waals surface area contributed by atoms with Crippen molar-refractivity contribution in [1.29, 1.82) is 0 Å². The fourth-order valence-corrected chi connectivity index (χ4v) is 0. The fraction of sp³-hybridized carbons (Fsp3) is 0. The quantitative estimate of drug-likeness (QED) is 0.393. The molecule has 0 amide bonds. The Bertz CT molecular complexity index is 79.8.